The van der Waals surface area contributed by atoms with Crippen molar-refractivity contribution in [2.45, 2.75) is 12.5 Å². The number of hydrogen-bond acceptors (Lipinski definition) is 5. The van der Waals surface area contributed by atoms with Crippen LogP contribution in [0.2, 0.25) is 0 Å². The Kier molecular flexibility index (Phi) is 5.06. The molecule has 18 heavy (non-hydrogen) atoms. The maximum atomic E-state index is 13.9. The number of rotatable bonds is 6. The topological polar surface area (TPSA) is 81.4 Å². The predicted octanol–water partition coefficient (Wildman–Crippen LogP) is 0.253. The van der Waals surface area contributed by atoms with Crippen LogP contribution in [-0.4, -0.2) is 33.6 Å². The monoisotopic (exact) mass is 276 g/mol. The Bertz CT molecular complexity index is 505. The van der Waals surface area contributed by atoms with E-state index in [0.717, 1.165) is 6.26 Å². The number of hydrogen-bond donors (Lipinski definition) is 2. The molecule has 1 aromatic rings. The average Bonchev–Trinajstić information content (AvgIpc) is 2.29. The molecule has 0 radical (unpaired) electrons. The molecule has 0 amide bonds. The van der Waals surface area contributed by atoms with Crippen LogP contribution in [0, 0.1) is 5.82 Å². The van der Waals surface area contributed by atoms with E-state index in [2.05, 4.69) is 5.43 Å². The highest BCUT2D eigenvalue weighted by Crippen LogP contribution is 2.21. The first-order valence-corrected chi connectivity index (χ1v) is 7.38. The molecule has 0 saturated carbocycles. The fourth-order valence-corrected chi connectivity index (χ4v) is 2.61. The molecule has 0 aromatic heterocycles. The normalized spacial score (nSPS) is 13.3. The van der Waals surface area contributed by atoms with Gasteiger partial charge in [0.2, 0.25) is 0 Å². The Labute approximate surface area is 106 Å². The second kappa shape index (κ2) is 6.12. The van der Waals surface area contributed by atoms with Gasteiger partial charge < -0.3 is 4.74 Å². The van der Waals surface area contributed by atoms with Crippen LogP contribution < -0.4 is 16.0 Å². The van der Waals surface area contributed by atoms with Crippen LogP contribution >= 0.6 is 0 Å². The van der Waals surface area contributed by atoms with E-state index >= 15 is 0 Å². The summed E-state index contributed by atoms with van der Waals surface area (Å²) in [5.74, 6) is 4.76. The fraction of sp³-hybridized carbons (Fsp3) is 0.455. The van der Waals surface area contributed by atoms with Crippen molar-refractivity contribution in [3.05, 3.63) is 29.6 Å². The molecule has 7 heteroatoms. The van der Waals surface area contributed by atoms with Crippen molar-refractivity contribution in [1.82, 2.24) is 5.43 Å². The summed E-state index contributed by atoms with van der Waals surface area (Å²) < 4.78 is 41.1. The second-order valence-corrected chi connectivity index (χ2v) is 6.28. The molecule has 0 aliphatic heterocycles. The van der Waals surface area contributed by atoms with E-state index in [-0.39, 0.29) is 17.9 Å². The van der Waals surface area contributed by atoms with Gasteiger partial charge in [-0.2, -0.15) is 0 Å². The van der Waals surface area contributed by atoms with E-state index in [1.165, 1.54) is 13.2 Å². The molecule has 1 aromatic carbocycles. The van der Waals surface area contributed by atoms with Crippen LogP contribution in [0.3, 0.4) is 0 Å². The number of benzene rings is 1. The maximum absolute atomic E-state index is 13.9. The summed E-state index contributed by atoms with van der Waals surface area (Å²) >= 11 is 0. The van der Waals surface area contributed by atoms with Crippen molar-refractivity contribution in [3.63, 3.8) is 0 Å². The molecule has 0 fully saturated rings. The van der Waals surface area contributed by atoms with Gasteiger partial charge >= 0.3 is 0 Å². The molecular weight excluding hydrogens is 259 g/mol. The summed E-state index contributed by atoms with van der Waals surface area (Å²) in [5.41, 5.74) is 2.75. The Morgan fingerprint density at radius 2 is 2.17 bits per heavy atom. The van der Waals surface area contributed by atoms with Crippen LogP contribution in [-0.2, 0) is 16.3 Å². The number of methoxy groups -OCH3 is 1. The smallest absolute Gasteiger partial charge is 0.168 e. The minimum Gasteiger partial charge on any atom is -0.494 e. The minimum atomic E-state index is -3.18. The van der Waals surface area contributed by atoms with Crippen LogP contribution in [0.5, 0.6) is 5.75 Å². The first-order valence-electron chi connectivity index (χ1n) is 5.32. The fourth-order valence-electron chi connectivity index (χ4n) is 1.67. The van der Waals surface area contributed by atoms with E-state index in [1.54, 1.807) is 12.1 Å². The third-order valence-electron chi connectivity index (χ3n) is 2.47. The van der Waals surface area contributed by atoms with E-state index in [1.807, 2.05) is 0 Å². The van der Waals surface area contributed by atoms with Crippen molar-refractivity contribution < 1.29 is 17.5 Å². The van der Waals surface area contributed by atoms with Crippen LogP contribution in [0.25, 0.3) is 0 Å². The van der Waals surface area contributed by atoms with Gasteiger partial charge in [-0.3, -0.25) is 11.3 Å². The molecule has 1 unspecified atom stereocenters. The van der Waals surface area contributed by atoms with Crippen LogP contribution in [0.1, 0.15) is 5.56 Å². The second-order valence-electron chi connectivity index (χ2n) is 4.09. The van der Waals surface area contributed by atoms with Crippen molar-refractivity contribution in [1.29, 1.82) is 0 Å². The Hall–Kier alpha value is -1.18. The van der Waals surface area contributed by atoms with E-state index in [4.69, 9.17) is 10.6 Å². The van der Waals surface area contributed by atoms with Crippen molar-refractivity contribution >= 4 is 9.84 Å². The lowest BCUT2D eigenvalue weighted by atomic mass is 10.1. The van der Waals surface area contributed by atoms with Gasteiger partial charge in [0.15, 0.2) is 11.6 Å². The zero-order valence-electron chi connectivity index (χ0n) is 10.3. The largest absolute Gasteiger partial charge is 0.494 e. The van der Waals surface area contributed by atoms with Gasteiger partial charge in [0.05, 0.1) is 12.9 Å². The number of nitrogens with two attached hydrogens (primary N) is 1. The highest BCUT2D eigenvalue weighted by molar-refractivity contribution is 7.90. The van der Waals surface area contributed by atoms with E-state index < -0.39 is 21.7 Å². The summed E-state index contributed by atoms with van der Waals surface area (Å²) in [7, 11) is -1.81. The predicted molar refractivity (Wildman–Crippen MR) is 67.5 cm³/mol. The lowest BCUT2D eigenvalue weighted by Gasteiger charge is -2.15. The summed E-state index contributed by atoms with van der Waals surface area (Å²) in [6, 6.07) is 4.18. The third-order valence-corrected chi connectivity index (χ3v) is 3.48. The number of hydrazine groups is 1. The number of nitrogens with one attached hydrogen (secondary N) is 1. The highest BCUT2D eigenvalue weighted by atomic mass is 32.2. The van der Waals surface area contributed by atoms with Crippen molar-refractivity contribution in [3.8, 4) is 5.75 Å². The first-order chi connectivity index (χ1) is 8.37. The van der Waals surface area contributed by atoms with Gasteiger partial charge in [0, 0.05) is 12.3 Å². The highest BCUT2D eigenvalue weighted by Gasteiger charge is 2.17. The Morgan fingerprint density at radius 3 is 2.67 bits per heavy atom. The van der Waals surface area contributed by atoms with Gasteiger partial charge in [0.25, 0.3) is 0 Å². The lowest BCUT2D eigenvalue weighted by Crippen LogP contribution is -2.41. The molecular formula is C11H17FN2O3S. The minimum absolute atomic E-state index is 0.127. The van der Waals surface area contributed by atoms with E-state index in [0.29, 0.717) is 5.56 Å². The standard InChI is InChI=1S/C11H17FN2O3S/c1-17-10-5-3-4-8(11(10)12)6-9(14-13)7-18(2,15)16/h3-5,9,14H,6-7,13H2,1-2H3. The molecule has 0 aliphatic rings. The molecule has 5 nitrogen and oxygen atoms in total. The van der Waals surface area contributed by atoms with Gasteiger partial charge in [0.1, 0.15) is 9.84 Å². The number of halogens is 1. The summed E-state index contributed by atoms with van der Waals surface area (Å²) in [6.07, 6.45) is 1.28. The van der Waals surface area contributed by atoms with Crippen molar-refractivity contribution in [2.24, 2.45) is 5.84 Å². The maximum Gasteiger partial charge on any atom is 0.168 e. The summed E-state index contributed by atoms with van der Waals surface area (Å²) in [5, 5.41) is 0. The molecule has 0 aliphatic carbocycles. The van der Waals surface area contributed by atoms with Gasteiger partial charge in [-0.25, -0.2) is 12.8 Å². The zero-order chi connectivity index (χ0) is 13.8. The SMILES string of the molecule is COc1cccc(CC(CS(C)(=O)=O)NN)c1F. The molecule has 3 N–H and O–H groups in total. The molecule has 1 rings (SSSR count). The van der Waals surface area contributed by atoms with Crippen LogP contribution in [0.15, 0.2) is 18.2 Å². The molecule has 0 spiro atoms. The van der Waals surface area contributed by atoms with Gasteiger partial charge in [-0.15, -0.1) is 0 Å². The number of sulfone groups is 1. The molecule has 0 saturated heterocycles. The Balaban J connectivity index is 2.88. The molecule has 102 valence electrons. The zero-order valence-corrected chi connectivity index (χ0v) is 11.1. The lowest BCUT2D eigenvalue weighted by molar-refractivity contribution is 0.383. The van der Waals surface area contributed by atoms with Gasteiger partial charge in [-0.1, -0.05) is 12.1 Å². The summed E-state index contributed by atoms with van der Waals surface area (Å²) in [4.78, 5) is 0. The van der Waals surface area contributed by atoms with Crippen molar-refractivity contribution in [2.75, 3.05) is 19.1 Å². The first kappa shape index (κ1) is 14.9. The molecule has 0 heterocycles. The van der Waals surface area contributed by atoms with E-state index in [9.17, 15) is 12.8 Å². The third kappa shape index (κ3) is 4.25. The quantitative estimate of drug-likeness (QED) is 0.575. The summed E-state index contributed by atoms with van der Waals surface area (Å²) in [6.45, 7) is 0. The molecule has 1 atom stereocenters. The van der Waals surface area contributed by atoms with Gasteiger partial charge in [-0.05, 0) is 18.1 Å². The number of ether oxygens (including phenoxy) is 1. The Morgan fingerprint density at radius 1 is 1.50 bits per heavy atom. The average molecular weight is 276 g/mol. The van der Waals surface area contributed by atoms with Crippen LogP contribution in [0.4, 0.5) is 4.39 Å². The molecule has 0 bridgehead atoms.